The summed E-state index contributed by atoms with van der Waals surface area (Å²) >= 11 is 0. The fraction of sp³-hybridized carbons (Fsp3) is 0.136. The van der Waals surface area contributed by atoms with Crippen molar-refractivity contribution in [2.24, 2.45) is 0 Å². The molecular formula is C22H18FN3O3. The third-order valence-electron chi connectivity index (χ3n) is 4.35. The lowest BCUT2D eigenvalue weighted by Crippen LogP contribution is -2.14. The summed E-state index contributed by atoms with van der Waals surface area (Å²) in [5.41, 5.74) is 1.28. The van der Waals surface area contributed by atoms with Crippen molar-refractivity contribution < 1.29 is 18.4 Å². The number of carbonyl (C=O) groups is 1. The minimum atomic E-state index is -0.603. The summed E-state index contributed by atoms with van der Waals surface area (Å²) < 4.78 is 25.4. The third kappa shape index (κ3) is 3.80. The molecule has 0 aliphatic carbocycles. The first-order valence-electron chi connectivity index (χ1n) is 9.11. The van der Waals surface area contributed by atoms with Crippen LogP contribution in [0, 0.1) is 5.82 Å². The smallest absolute Gasteiger partial charge is 0.257 e. The first kappa shape index (κ1) is 18.6. The van der Waals surface area contributed by atoms with Crippen LogP contribution in [0.5, 0.6) is 11.5 Å². The fourth-order valence-electron chi connectivity index (χ4n) is 2.90. The molecule has 0 bridgehead atoms. The van der Waals surface area contributed by atoms with Crippen LogP contribution in [0.25, 0.3) is 11.1 Å². The summed E-state index contributed by atoms with van der Waals surface area (Å²) in [6.45, 7) is 3.94. The van der Waals surface area contributed by atoms with Gasteiger partial charge < -0.3 is 14.6 Å². The Hall–Kier alpha value is -3.74. The molecule has 4 rings (SSSR count). The molecule has 0 aliphatic heterocycles. The van der Waals surface area contributed by atoms with Gasteiger partial charge in [0.1, 0.15) is 11.4 Å². The molecule has 1 amide bonds. The van der Waals surface area contributed by atoms with Crippen LogP contribution < -0.4 is 10.1 Å². The minimum absolute atomic E-state index is 0.0455. The van der Waals surface area contributed by atoms with E-state index >= 15 is 0 Å². The average Bonchev–Trinajstić information content (AvgIpc) is 3.15. The van der Waals surface area contributed by atoms with Gasteiger partial charge in [-0.1, -0.05) is 43.3 Å². The van der Waals surface area contributed by atoms with E-state index in [2.05, 4.69) is 15.5 Å². The van der Waals surface area contributed by atoms with Gasteiger partial charge in [0.25, 0.3) is 11.6 Å². The molecule has 0 fully saturated rings. The number of nitrogens with zero attached hydrogens (tertiary/aromatic N) is 2. The highest BCUT2D eigenvalue weighted by atomic mass is 19.1. The Kier molecular flexibility index (Phi) is 4.95. The Labute approximate surface area is 166 Å². The second-order valence-electron chi connectivity index (χ2n) is 6.78. The molecule has 0 saturated heterocycles. The van der Waals surface area contributed by atoms with Crippen molar-refractivity contribution in [2.45, 2.75) is 19.8 Å². The highest BCUT2D eigenvalue weighted by molar-refractivity contribution is 6.06. The van der Waals surface area contributed by atoms with E-state index < -0.39 is 11.7 Å². The van der Waals surface area contributed by atoms with Crippen molar-refractivity contribution in [3.63, 3.8) is 0 Å². The lowest BCUT2D eigenvalue weighted by molar-refractivity contribution is 0.102. The van der Waals surface area contributed by atoms with Crippen LogP contribution in [0.2, 0.25) is 0 Å². The van der Waals surface area contributed by atoms with Crippen molar-refractivity contribution in [1.82, 2.24) is 10.1 Å². The number of para-hydroxylation sites is 2. The topological polar surface area (TPSA) is 77.2 Å². The molecule has 4 aromatic rings. The molecule has 146 valence electrons. The Morgan fingerprint density at radius 1 is 1.14 bits per heavy atom. The lowest BCUT2D eigenvalue weighted by atomic mass is 10.1. The number of hydrogen-bond donors (Lipinski definition) is 1. The number of ether oxygens (including phenoxy) is 1. The predicted molar refractivity (Wildman–Crippen MR) is 107 cm³/mol. The van der Waals surface area contributed by atoms with Crippen molar-refractivity contribution in [2.75, 3.05) is 5.32 Å². The third-order valence-corrected chi connectivity index (χ3v) is 4.35. The van der Waals surface area contributed by atoms with Crippen LogP contribution in [0.4, 0.5) is 10.1 Å². The Balaban J connectivity index is 1.65. The van der Waals surface area contributed by atoms with E-state index in [4.69, 9.17) is 9.26 Å². The molecule has 1 N–H and O–H groups in total. The summed E-state index contributed by atoms with van der Waals surface area (Å²) in [6, 6.07) is 14.9. The largest absolute Gasteiger partial charge is 0.455 e. The van der Waals surface area contributed by atoms with E-state index in [0.29, 0.717) is 22.5 Å². The van der Waals surface area contributed by atoms with Crippen molar-refractivity contribution in [3.05, 3.63) is 77.9 Å². The molecule has 29 heavy (non-hydrogen) atoms. The minimum Gasteiger partial charge on any atom is -0.455 e. The Morgan fingerprint density at radius 3 is 2.69 bits per heavy atom. The molecule has 7 heteroatoms. The Morgan fingerprint density at radius 2 is 1.93 bits per heavy atom. The van der Waals surface area contributed by atoms with Gasteiger partial charge in [-0.25, -0.2) is 9.37 Å². The van der Waals surface area contributed by atoms with Crippen LogP contribution in [0.15, 0.2) is 65.3 Å². The number of nitrogens with one attached hydrogen (secondary N) is 1. The lowest BCUT2D eigenvalue weighted by Gasteiger charge is -2.13. The maximum absolute atomic E-state index is 14.5. The monoisotopic (exact) mass is 391 g/mol. The molecule has 0 radical (unpaired) electrons. The number of hydrogen-bond acceptors (Lipinski definition) is 5. The molecule has 2 aromatic carbocycles. The number of halogens is 1. The summed E-state index contributed by atoms with van der Waals surface area (Å²) in [6.07, 6.45) is 1.37. The fourth-order valence-corrected chi connectivity index (χ4v) is 2.90. The van der Waals surface area contributed by atoms with E-state index in [1.807, 2.05) is 19.9 Å². The van der Waals surface area contributed by atoms with Gasteiger partial charge in [0, 0.05) is 6.20 Å². The van der Waals surface area contributed by atoms with Gasteiger partial charge in [-0.3, -0.25) is 4.79 Å². The molecule has 0 aliphatic rings. The molecule has 2 heterocycles. The number of anilines is 1. The molecule has 0 unspecified atom stereocenters. The van der Waals surface area contributed by atoms with Crippen LogP contribution >= 0.6 is 0 Å². The van der Waals surface area contributed by atoms with E-state index in [1.165, 1.54) is 18.3 Å². The number of aromatic nitrogens is 2. The molecule has 0 saturated carbocycles. The second kappa shape index (κ2) is 7.71. The van der Waals surface area contributed by atoms with Crippen LogP contribution in [-0.2, 0) is 0 Å². The first-order valence-corrected chi connectivity index (χ1v) is 9.11. The summed E-state index contributed by atoms with van der Waals surface area (Å²) in [4.78, 5) is 16.9. The number of benzene rings is 2. The van der Waals surface area contributed by atoms with E-state index in [1.54, 1.807) is 36.4 Å². The van der Waals surface area contributed by atoms with Gasteiger partial charge in [-0.15, -0.1) is 0 Å². The SMILES string of the molecule is CC(C)c1noc2ncc(C(=O)Nc3c(F)cccc3Oc3ccccc3)cc12. The van der Waals surface area contributed by atoms with Gasteiger partial charge >= 0.3 is 0 Å². The van der Waals surface area contributed by atoms with Crippen LogP contribution in [0.3, 0.4) is 0 Å². The molecule has 0 spiro atoms. The van der Waals surface area contributed by atoms with Crippen LogP contribution in [0.1, 0.15) is 35.8 Å². The summed E-state index contributed by atoms with van der Waals surface area (Å²) in [5, 5.41) is 7.25. The number of pyridine rings is 1. The van der Waals surface area contributed by atoms with E-state index in [-0.39, 0.29) is 22.9 Å². The predicted octanol–water partition coefficient (Wildman–Crippen LogP) is 5.53. The summed E-state index contributed by atoms with van der Waals surface area (Å²) in [5.74, 6) is -0.282. The van der Waals surface area contributed by atoms with Gasteiger partial charge in [0.05, 0.1) is 16.6 Å². The van der Waals surface area contributed by atoms with Gasteiger partial charge in [0.2, 0.25) is 0 Å². The number of amides is 1. The summed E-state index contributed by atoms with van der Waals surface area (Å²) in [7, 11) is 0. The first-order chi connectivity index (χ1) is 14.0. The normalized spacial score (nSPS) is 11.0. The molecule has 6 nitrogen and oxygen atoms in total. The number of fused-ring (bicyclic) bond motifs is 1. The maximum atomic E-state index is 14.5. The highest BCUT2D eigenvalue weighted by Crippen LogP contribution is 2.32. The molecular weight excluding hydrogens is 373 g/mol. The van der Waals surface area contributed by atoms with Crippen molar-refractivity contribution in [1.29, 1.82) is 0 Å². The van der Waals surface area contributed by atoms with Crippen molar-refractivity contribution >= 4 is 22.7 Å². The van der Waals surface area contributed by atoms with Gasteiger partial charge in [0.15, 0.2) is 11.6 Å². The number of carbonyl (C=O) groups excluding carboxylic acids is 1. The van der Waals surface area contributed by atoms with Crippen LogP contribution in [-0.4, -0.2) is 16.0 Å². The highest BCUT2D eigenvalue weighted by Gasteiger charge is 2.18. The molecule has 0 atom stereocenters. The van der Waals surface area contributed by atoms with Gasteiger partial charge in [-0.2, -0.15) is 0 Å². The zero-order valence-electron chi connectivity index (χ0n) is 15.8. The van der Waals surface area contributed by atoms with Gasteiger partial charge in [-0.05, 0) is 36.2 Å². The zero-order chi connectivity index (χ0) is 20.4. The average molecular weight is 391 g/mol. The zero-order valence-corrected chi connectivity index (χ0v) is 15.8. The molecule has 2 aromatic heterocycles. The quantitative estimate of drug-likeness (QED) is 0.484. The maximum Gasteiger partial charge on any atom is 0.257 e. The second-order valence-corrected chi connectivity index (χ2v) is 6.78. The Bertz CT molecular complexity index is 1170. The van der Waals surface area contributed by atoms with E-state index in [9.17, 15) is 9.18 Å². The standard InChI is InChI=1S/C22H18FN3O3/c1-13(2)19-16-11-14(12-24-22(16)29-26-19)21(27)25-20-17(23)9-6-10-18(20)28-15-7-4-3-5-8-15/h3-13H,1-2H3,(H,25,27). The van der Waals surface area contributed by atoms with E-state index in [0.717, 1.165) is 0 Å². The number of rotatable bonds is 5. The van der Waals surface area contributed by atoms with Crippen molar-refractivity contribution in [3.8, 4) is 11.5 Å².